The molecule has 4 heterocycles. The van der Waals surface area contributed by atoms with Gasteiger partial charge in [0.1, 0.15) is 27.1 Å². The van der Waals surface area contributed by atoms with Crippen LogP contribution in [0.3, 0.4) is 0 Å². The van der Waals surface area contributed by atoms with Crippen LogP contribution in [-0.2, 0) is 14.4 Å². The summed E-state index contributed by atoms with van der Waals surface area (Å²) in [5, 5.41) is 24.1. The largest absolute Gasteiger partial charge is 0.477 e. The molecule has 2 amide bonds. The summed E-state index contributed by atoms with van der Waals surface area (Å²) in [6.45, 7) is 0.484. The van der Waals surface area contributed by atoms with Crippen LogP contribution in [0.25, 0.3) is 0 Å². The molecule has 190 valence electrons. The molecule has 0 saturated carbocycles. The molecule has 0 bridgehead atoms. The number of nitrogens with one attached hydrogen (secondary N) is 1. The van der Waals surface area contributed by atoms with E-state index in [2.05, 4.69) is 20.4 Å². The molecule has 12 nitrogen and oxygen atoms in total. The molecule has 17 heteroatoms. The van der Waals surface area contributed by atoms with Crippen molar-refractivity contribution < 1.29 is 24.7 Å². The summed E-state index contributed by atoms with van der Waals surface area (Å²) < 4.78 is 0.0428. The van der Waals surface area contributed by atoms with Crippen LogP contribution in [0.4, 0.5) is 5.13 Å². The van der Waals surface area contributed by atoms with E-state index in [4.69, 9.17) is 23.1 Å². The quantitative estimate of drug-likeness (QED) is 0.0932. The molecule has 2 aliphatic heterocycles. The van der Waals surface area contributed by atoms with Gasteiger partial charge in [0, 0.05) is 45.1 Å². The number of aliphatic carboxylic acids is 1. The van der Waals surface area contributed by atoms with Crippen molar-refractivity contribution in [2.24, 2.45) is 10.9 Å². The van der Waals surface area contributed by atoms with Crippen molar-refractivity contribution in [1.82, 2.24) is 20.2 Å². The third-order valence-corrected chi connectivity index (χ3v) is 9.83. The first-order chi connectivity index (χ1) is 17.3. The van der Waals surface area contributed by atoms with Crippen LogP contribution in [0.1, 0.15) is 5.69 Å². The number of hydrogen-bond acceptors (Lipinski definition) is 13. The van der Waals surface area contributed by atoms with Gasteiger partial charge in [0.05, 0.1) is 0 Å². The third-order valence-electron chi connectivity index (χ3n) is 4.92. The summed E-state index contributed by atoms with van der Waals surface area (Å²) in [7, 11) is 0. The molecular weight excluding hydrogens is 570 g/mol. The number of oxime groups is 1. The Balaban J connectivity index is 1.54. The maximum Gasteiger partial charge on any atom is 0.353 e. The molecule has 2 atom stereocenters. The van der Waals surface area contributed by atoms with E-state index in [9.17, 15) is 24.7 Å². The lowest BCUT2D eigenvalue weighted by Gasteiger charge is -2.49. The first-order valence-electron chi connectivity index (χ1n) is 10.1. The zero-order chi connectivity index (χ0) is 26.0. The predicted octanol–water partition coefficient (Wildman–Crippen LogP) is 1.49. The Morgan fingerprint density at radius 1 is 1.39 bits per heavy atom. The zero-order valence-electron chi connectivity index (χ0n) is 18.1. The number of nitrogens with two attached hydrogens (primary N) is 2. The lowest BCUT2D eigenvalue weighted by Crippen LogP contribution is -2.71. The van der Waals surface area contributed by atoms with Gasteiger partial charge in [0.15, 0.2) is 10.8 Å². The van der Waals surface area contributed by atoms with Gasteiger partial charge in [-0.25, -0.2) is 9.78 Å². The molecule has 4 rings (SSSR count). The Kier molecular flexibility index (Phi) is 8.31. The summed E-state index contributed by atoms with van der Waals surface area (Å²) in [6, 6.07) is 0.787. The van der Waals surface area contributed by atoms with Crippen LogP contribution in [0.5, 0.6) is 0 Å². The topological polar surface area (TPSA) is 197 Å². The number of fused-ring (bicyclic) bond motifs is 1. The number of thiazole rings is 1. The van der Waals surface area contributed by atoms with Crippen LogP contribution >= 0.6 is 58.2 Å². The Labute approximate surface area is 225 Å². The van der Waals surface area contributed by atoms with Crippen molar-refractivity contribution in [1.29, 1.82) is 0 Å². The van der Waals surface area contributed by atoms with E-state index < -0.39 is 34.9 Å². The smallest absolute Gasteiger partial charge is 0.353 e. The highest BCUT2D eigenvalue weighted by molar-refractivity contribution is 8.07. The number of anilines is 1. The number of halogens is 1. The zero-order valence-corrected chi connectivity index (χ0v) is 22.1. The van der Waals surface area contributed by atoms with Crippen LogP contribution in [0.15, 0.2) is 44.0 Å². The molecule has 1 saturated heterocycles. The van der Waals surface area contributed by atoms with E-state index in [1.54, 1.807) is 12.4 Å². The minimum atomic E-state index is -1.26. The number of aromatic nitrogens is 2. The first-order valence-corrected chi connectivity index (χ1v) is 14.1. The summed E-state index contributed by atoms with van der Waals surface area (Å²) in [5.74, 6) is -1.80. The maximum absolute atomic E-state index is 13.0. The summed E-state index contributed by atoms with van der Waals surface area (Å²) >= 11 is 11.0. The van der Waals surface area contributed by atoms with Crippen molar-refractivity contribution >= 4 is 86.9 Å². The minimum absolute atomic E-state index is 0.0428. The van der Waals surface area contributed by atoms with E-state index in [1.807, 2.05) is 6.07 Å². The van der Waals surface area contributed by atoms with E-state index in [1.165, 1.54) is 35.3 Å². The van der Waals surface area contributed by atoms with Crippen LogP contribution in [0.2, 0.25) is 4.34 Å². The number of thioether (sulfide) groups is 3. The van der Waals surface area contributed by atoms with E-state index in [0.717, 1.165) is 26.0 Å². The SMILES string of the molecule is NCCSc1ccncc1SC1=C(C(=O)O)N2C(=O)[C@@H](NC(=O)/C(=N\O)c3nc(N)sc3Cl)[C@@H]2SC1. The maximum atomic E-state index is 13.0. The van der Waals surface area contributed by atoms with Crippen molar-refractivity contribution in [2.75, 3.05) is 23.8 Å². The van der Waals surface area contributed by atoms with E-state index >= 15 is 0 Å². The van der Waals surface area contributed by atoms with Crippen LogP contribution in [0, 0.1) is 0 Å². The number of rotatable bonds is 9. The van der Waals surface area contributed by atoms with Crippen LogP contribution in [-0.4, -0.2) is 78.1 Å². The Morgan fingerprint density at radius 2 is 2.17 bits per heavy atom. The number of amides is 2. The molecule has 0 aliphatic carbocycles. The predicted molar refractivity (Wildman–Crippen MR) is 139 cm³/mol. The average molecular weight is 588 g/mol. The van der Waals surface area contributed by atoms with Gasteiger partial charge in [-0.15, -0.1) is 23.5 Å². The second-order valence-electron chi connectivity index (χ2n) is 7.12. The number of nitrogen functional groups attached to an aromatic ring is 1. The molecule has 2 aromatic heterocycles. The van der Waals surface area contributed by atoms with Gasteiger partial charge in [0.2, 0.25) is 0 Å². The molecule has 7 N–H and O–H groups in total. The number of β-lactam (4-membered cyclic amide) rings is 1. The first kappa shape index (κ1) is 26.6. The highest BCUT2D eigenvalue weighted by atomic mass is 35.5. The second-order valence-corrected chi connectivity index (χ2v) is 12.1. The van der Waals surface area contributed by atoms with E-state index in [-0.39, 0.29) is 20.9 Å². The molecule has 0 radical (unpaired) electrons. The fraction of sp³-hybridized carbons (Fsp3) is 0.263. The molecule has 1 fully saturated rings. The van der Waals surface area contributed by atoms with Crippen molar-refractivity contribution in [3.05, 3.63) is 39.1 Å². The second kappa shape index (κ2) is 11.3. The molecule has 2 aromatic rings. The number of carboxylic acids is 1. The van der Waals surface area contributed by atoms with E-state index in [0.29, 0.717) is 23.0 Å². The number of carboxylic acid groups (broad SMARTS) is 1. The van der Waals surface area contributed by atoms with Gasteiger partial charge in [-0.1, -0.05) is 39.9 Å². The van der Waals surface area contributed by atoms with Crippen molar-refractivity contribution in [3.63, 3.8) is 0 Å². The Bertz CT molecular complexity index is 1290. The lowest BCUT2D eigenvalue weighted by atomic mass is 10.0. The molecule has 0 aromatic carbocycles. The fourth-order valence-electron chi connectivity index (χ4n) is 3.41. The summed E-state index contributed by atoms with van der Waals surface area (Å²) in [4.78, 5) is 49.2. The van der Waals surface area contributed by atoms with Crippen molar-refractivity contribution in [2.45, 2.75) is 21.2 Å². The van der Waals surface area contributed by atoms with Gasteiger partial charge < -0.3 is 27.1 Å². The molecule has 0 spiro atoms. The number of nitrogens with zero attached hydrogens (tertiary/aromatic N) is 4. The summed E-state index contributed by atoms with van der Waals surface area (Å²) in [6.07, 6.45) is 3.28. The normalized spacial score (nSPS) is 19.7. The van der Waals surface area contributed by atoms with Gasteiger partial charge in [-0.3, -0.25) is 19.5 Å². The van der Waals surface area contributed by atoms with Gasteiger partial charge in [0.25, 0.3) is 11.8 Å². The standard InChI is InChI=1S/C19H18ClN7O5S4/c20-14-10(25-19(22)36-14)11(26-32)15(28)24-12-16(29)27-13(18(30)31)9(6-34-17(12)27)35-8-5-23-3-1-7(8)33-4-2-21/h1,3,5,12,17,32H,2,4,6,21H2,(H2,22,25)(H,24,28)(H,30,31)/b26-11-/t12-,17+/m1/s1. The van der Waals surface area contributed by atoms with Gasteiger partial charge in [-0.05, 0) is 6.07 Å². The molecule has 36 heavy (non-hydrogen) atoms. The van der Waals surface area contributed by atoms with Crippen molar-refractivity contribution in [3.8, 4) is 0 Å². The van der Waals surface area contributed by atoms with Gasteiger partial charge in [-0.2, -0.15) is 0 Å². The number of hydrogen-bond donors (Lipinski definition) is 5. The number of pyridine rings is 1. The molecular formula is C19H18ClN7O5S4. The van der Waals surface area contributed by atoms with Gasteiger partial charge >= 0.3 is 5.97 Å². The minimum Gasteiger partial charge on any atom is -0.477 e. The highest BCUT2D eigenvalue weighted by Crippen LogP contribution is 2.46. The molecule has 0 unspecified atom stereocenters. The average Bonchev–Trinajstić information content (AvgIpc) is 3.19. The number of carbonyl (C=O) groups is 3. The molecule has 2 aliphatic rings. The Hall–Kier alpha value is -2.50. The third kappa shape index (κ3) is 5.14. The van der Waals surface area contributed by atoms with Crippen LogP contribution < -0.4 is 16.8 Å². The monoisotopic (exact) mass is 587 g/mol. The summed E-state index contributed by atoms with van der Waals surface area (Å²) in [5.41, 5.74) is 10.4. The lowest BCUT2D eigenvalue weighted by molar-refractivity contribution is -0.150. The Morgan fingerprint density at radius 3 is 2.81 bits per heavy atom. The highest BCUT2D eigenvalue weighted by Gasteiger charge is 2.54. The fourth-order valence-corrected chi connectivity index (χ4v) is 7.79. The number of carbonyl (C=O) groups excluding carboxylic acids is 2.